The van der Waals surface area contributed by atoms with Gasteiger partial charge in [-0.25, -0.2) is 0 Å². The van der Waals surface area contributed by atoms with Gasteiger partial charge in [0.1, 0.15) is 0 Å². The van der Waals surface area contributed by atoms with Crippen molar-refractivity contribution in [2.75, 3.05) is 20.0 Å². The molecule has 0 saturated heterocycles. The standard InChI is InChI=1S/C12H28NP/c1-9-11(10(2)3)12(4,5)13-14(6,7)8/h10-11H,9H2,1-8H3. The number of nitrogens with zero attached hydrogens (tertiary/aromatic N) is 1. The average molecular weight is 217 g/mol. The van der Waals surface area contributed by atoms with Gasteiger partial charge in [0, 0.05) is 0 Å². The number of hydrogen-bond donors (Lipinski definition) is 0. The highest BCUT2D eigenvalue weighted by molar-refractivity contribution is 7.64. The monoisotopic (exact) mass is 217 g/mol. The zero-order valence-electron chi connectivity index (χ0n) is 11.3. The molecule has 0 heterocycles. The molecule has 0 N–H and O–H groups in total. The molecule has 0 aliphatic rings. The Morgan fingerprint density at radius 2 is 1.57 bits per heavy atom. The van der Waals surface area contributed by atoms with Gasteiger partial charge in [-0.05, 0) is 52.7 Å². The van der Waals surface area contributed by atoms with Gasteiger partial charge >= 0.3 is 0 Å². The van der Waals surface area contributed by atoms with E-state index in [0.717, 1.165) is 5.92 Å². The molecule has 0 saturated carbocycles. The van der Waals surface area contributed by atoms with Crippen LogP contribution in [0, 0.1) is 11.8 Å². The minimum atomic E-state index is -1.02. The second-order valence-corrected chi connectivity index (χ2v) is 10.0. The molecule has 0 bridgehead atoms. The van der Waals surface area contributed by atoms with Gasteiger partial charge < -0.3 is 0 Å². The van der Waals surface area contributed by atoms with Crippen LogP contribution in [0.2, 0.25) is 0 Å². The van der Waals surface area contributed by atoms with E-state index in [1.807, 2.05) is 0 Å². The van der Waals surface area contributed by atoms with Crippen LogP contribution in [0.4, 0.5) is 0 Å². The third-order valence-corrected chi connectivity index (χ3v) is 3.83. The zero-order chi connectivity index (χ0) is 11.6. The Morgan fingerprint density at radius 3 is 1.79 bits per heavy atom. The lowest BCUT2D eigenvalue weighted by molar-refractivity contribution is 0.240. The summed E-state index contributed by atoms with van der Waals surface area (Å²) in [5.41, 5.74) is 0.148. The van der Waals surface area contributed by atoms with Gasteiger partial charge in [0.2, 0.25) is 0 Å². The van der Waals surface area contributed by atoms with Crippen LogP contribution in [0.1, 0.15) is 41.0 Å². The van der Waals surface area contributed by atoms with E-state index in [0.29, 0.717) is 5.92 Å². The van der Waals surface area contributed by atoms with Crippen LogP contribution in [0.5, 0.6) is 0 Å². The summed E-state index contributed by atoms with van der Waals surface area (Å²) in [7, 11) is -1.02. The summed E-state index contributed by atoms with van der Waals surface area (Å²) in [6.07, 6.45) is 1.23. The highest BCUT2D eigenvalue weighted by Gasteiger charge is 2.30. The van der Waals surface area contributed by atoms with E-state index < -0.39 is 7.05 Å². The zero-order valence-corrected chi connectivity index (χ0v) is 12.2. The van der Waals surface area contributed by atoms with Crippen LogP contribution < -0.4 is 0 Å². The normalized spacial score (nSPS) is 15.8. The van der Waals surface area contributed by atoms with E-state index >= 15 is 0 Å². The van der Waals surface area contributed by atoms with Crippen molar-refractivity contribution in [1.29, 1.82) is 0 Å². The lowest BCUT2D eigenvalue weighted by atomic mass is 9.78. The molecule has 1 unspecified atom stereocenters. The van der Waals surface area contributed by atoms with Gasteiger partial charge in [0.25, 0.3) is 0 Å². The van der Waals surface area contributed by atoms with Crippen LogP contribution >= 0.6 is 7.05 Å². The van der Waals surface area contributed by atoms with E-state index in [-0.39, 0.29) is 5.54 Å². The molecule has 0 aliphatic heterocycles. The molecule has 0 aromatic heterocycles. The molecule has 0 radical (unpaired) electrons. The molecule has 14 heavy (non-hydrogen) atoms. The second kappa shape index (κ2) is 4.84. The van der Waals surface area contributed by atoms with Crippen molar-refractivity contribution in [2.45, 2.75) is 46.6 Å². The summed E-state index contributed by atoms with van der Waals surface area (Å²) < 4.78 is 5.04. The minimum Gasteiger partial charge on any atom is -0.298 e. The fraction of sp³-hybridized carbons (Fsp3) is 1.00. The summed E-state index contributed by atoms with van der Waals surface area (Å²) in [6.45, 7) is 18.4. The van der Waals surface area contributed by atoms with Crippen molar-refractivity contribution in [3.8, 4) is 0 Å². The summed E-state index contributed by atoms with van der Waals surface area (Å²) in [5.74, 6) is 1.44. The van der Waals surface area contributed by atoms with Crippen molar-refractivity contribution < 1.29 is 0 Å². The molecule has 0 rings (SSSR count). The van der Waals surface area contributed by atoms with Crippen LogP contribution in [-0.4, -0.2) is 25.5 Å². The Bertz CT molecular complexity index is 214. The van der Waals surface area contributed by atoms with Gasteiger partial charge in [-0.2, -0.15) is 0 Å². The largest absolute Gasteiger partial charge is 0.298 e. The first-order valence-electron chi connectivity index (χ1n) is 5.66. The van der Waals surface area contributed by atoms with Gasteiger partial charge in [-0.1, -0.05) is 27.2 Å². The number of rotatable bonds is 4. The summed E-state index contributed by atoms with van der Waals surface area (Å²) >= 11 is 0. The molecule has 2 heteroatoms. The fourth-order valence-corrected chi connectivity index (χ4v) is 4.33. The van der Waals surface area contributed by atoms with E-state index in [9.17, 15) is 0 Å². The molecular formula is C12H28NP. The Labute approximate surface area is 90.7 Å². The first-order chi connectivity index (χ1) is 6.10. The summed E-state index contributed by atoms with van der Waals surface area (Å²) in [4.78, 5) is 0. The van der Waals surface area contributed by atoms with Crippen LogP contribution in [-0.2, 0) is 0 Å². The maximum absolute atomic E-state index is 5.04. The first-order valence-corrected chi connectivity index (χ1v) is 8.74. The van der Waals surface area contributed by atoms with Crippen molar-refractivity contribution >= 4 is 7.05 Å². The fourth-order valence-electron chi connectivity index (χ4n) is 2.63. The Kier molecular flexibility index (Phi) is 4.91. The molecule has 0 amide bonds. The van der Waals surface area contributed by atoms with Crippen molar-refractivity contribution in [3.05, 3.63) is 0 Å². The SMILES string of the molecule is CCC(C(C)C)C(C)(C)N=P(C)(C)C. The van der Waals surface area contributed by atoms with Crippen molar-refractivity contribution in [3.63, 3.8) is 0 Å². The summed E-state index contributed by atoms with van der Waals surface area (Å²) in [6, 6.07) is 0. The second-order valence-electron chi connectivity index (χ2n) is 5.95. The van der Waals surface area contributed by atoms with Gasteiger partial charge in [0.05, 0.1) is 5.54 Å². The Hall–Kier alpha value is 0.230. The van der Waals surface area contributed by atoms with E-state index in [1.165, 1.54) is 6.42 Å². The van der Waals surface area contributed by atoms with Crippen LogP contribution in [0.3, 0.4) is 0 Å². The quantitative estimate of drug-likeness (QED) is 0.613. The van der Waals surface area contributed by atoms with Gasteiger partial charge in [-0.15, -0.1) is 0 Å². The Balaban J connectivity index is 4.93. The van der Waals surface area contributed by atoms with Crippen LogP contribution in [0.25, 0.3) is 0 Å². The molecule has 0 aromatic carbocycles. The summed E-state index contributed by atoms with van der Waals surface area (Å²) in [5, 5.41) is 0. The van der Waals surface area contributed by atoms with Gasteiger partial charge in [-0.3, -0.25) is 4.74 Å². The minimum absolute atomic E-state index is 0.148. The molecule has 0 aliphatic carbocycles. The maximum Gasteiger partial charge on any atom is 0.0567 e. The predicted octanol–water partition coefficient (Wildman–Crippen LogP) is 4.54. The maximum atomic E-state index is 5.04. The molecule has 1 atom stereocenters. The molecule has 0 spiro atoms. The highest BCUT2D eigenvalue weighted by atomic mass is 31.2. The predicted molar refractivity (Wildman–Crippen MR) is 69.8 cm³/mol. The lowest BCUT2D eigenvalue weighted by Crippen LogP contribution is -2.32. The number of hydrogen-bond acceptors (Lipinski definition) is 1. The topological polar surface area (TPSA) is 12.4 Å². The third kappa shape index (κ3) is 4.64. The molecule has 1 nitrogen and oxygen atoms in total. The van der Waals surface area contributed by atoms with Crippen molar-refractivity contribution in [1.82, 2.24) is 0 Å². The third-order valence-electron chi connectivity index (χ3n) is 2.71. The average Bonchev–Trinajstić information content (AvgIpc) is 1.79. The molecule has 0 aromatic rings. The lowest BCUT2D eigenvalue weighted by Gasteiger charge is -2.35. The molecule has 86 valence electrons. The van der Waals surface area contributed by atoms with Crippen LogP contribution in [0.15, 0.2) is 4.74 Å². The highest BCUT2D eigenvalue weighted by Crippen LogP contribution is 2.43. The Morgan fingerprint density at radius 1 is 1.14 bits per heavy atom. The first kappa shape index (κ1) is 14.2. The van der Waals surface area contributed by atoms with E-state index in [1.54, 1.807) is 0 Å². The molecular weight excluding hydrogens is 189 g/mol. The van der Waals surface area contributed by atoms with Gasteiger partial charge in [0.15, 0.2) is 0 Å². The molecule has 0 fully saturated rings. The van der Waals surface area contributed by atoms with E-state index in [4.69, 9.17) is 4.74 Å². The van der Waals surface area contributed by atoms with Crippen molar-refractivity contribution in [2.24, 2.45) is 16.6 Å². The van der Waals surface area contributed by atoms with E-state index in [2.05, 4.69) is 54.6 Å². The smallest absolute Gasteiger partial charge is 0.0567 e.